The van der Waals surface area contributed by atoms with Crippen LogP contribution in [-0.2, 0) is 18.6 Å². The van der Waals surface area contributed by atoms with E-state index in [9.17, 15) is 19.1 Å². The molecule has 0 aromatic rings. The van der Waals surface area contributed by atoms with Crippen molar-refractivity contribution in [3.63, 3.8) is 0 Å². The lowest BCUT2D eigenvalue weighted by Gasteiger charge is -2.32. The van der Waals surface area contributed by atoms with Gasteiger partial charge in [0.1, 0.15) is 12.6 Å². The number of unbranched alkanes of at least 4 members (excludes halogenated alkanes) is 12. The molecule has 0 bridgehead atoms. The van der Waals surface area contributed by atoms with E-state index in [1.54, 1.807) is 0 Å². The van der Waals surface area contributed by atoms with Gasteiger partial charge in [-0.1, -0.05) is 84.0 Å². The summed E-state index contributed by atoms with van der Waals surface area (Å²) >= 11 is 0. The summed E-state index contributed by atoms with van der Waals surface area (Å²) in [7, 11) is 0.916. The lowest BCUT2D eigenvalue weighted by Crippen LogP contribution is -2.49. The molecule has 3 unspecified atom stereocenters. The number of nitrogens with one attached hydrogen (secondary N) is 1. The summed E-state index contributed by atoms with van der Waals surface area (Å²) in [6.45, 7) is 3.29. The zero-order valence-corrected chi connectivity index (χ0v) is 23.8. The van der Waals surface area contributed by atoms with Gasteiger partial charge in [0.2, 0.25) is 6.29 Å². The number of carbonyl (C=O) groups is 1. The van der Waals surface area contributed by atoms with E-state index in [4.69, 9.17) is 9.26 Å². The van der Waals surface area contributed by atoms with Crippen LogP contribution in [-0.4, -0.2) is 72.7 Å². The van der Waals surface area contributed by atoms with Crippen molar-refractivity contribution in [1.29, 1.82) is 0 Å². The van der Waals surface area contributed by atoms with Crippen molar-refractivity contribution in [1.82, 2.24) is 5.32 Å². The Bertz CT molecular complexity index is 601. The van der Waals surface area contributed by atoms with Crippen molar-refractivity contribution in [2.24, 2.45) is 0 Å². The third-order valence-corrected chi connectivity index (χ3v) is 7.07. The monoisotopic (exact) mass is 521 g/mol. The van der Waals surface area contributed by atoms with Gasteiger partial charge in [-0.25, -0.2) is 4.57 Å². The highest BCUT2D eigenvalue weighted by Crippen LogP contribution is 2.38. The third-order valence-electron chi connectivity index (χ3n) is 6.56. The van der Waals surface area contributed by atoms with E-state index in [0.29, 0.717) is 10.9 Å². The second-order valence-corrected chi connectivity index (χ2v) is 12.4. The van der Waals surface area contributed by atoms with E-state index in [1.807, 2.05) is 21.1 Å². The maximum atomic E-state index is 13.1. The largest absolute Gasteiger partial charge is 0.472 e. The standard InChI is InChI=1S/C26H53N2O6P/c1-5-6-7-8-9-10-11-12-13-14-15-16-17-20-24(29)26(23-19-18-21-27-23)33-25(22-28(2,3)4)34-35(30,31)32/h23,25-27H,5-22H2,1-4H3,(H-,30,31,32)/p+1. The fourth-order valence-corrected chi connectivity index (χ4v) is 5.11. The predicted octanol–water partition coefficient (Wildman–Crippen LogP) is 5.32. The van der Waals surface area contributed by atoms with Gasteiger partial charge in [-0.05, 0) is 25.8 Å². The van der Waals surface area contributed by atoms with E-state index >= 15 is 0 Å². The van der Waals surface area contributed by atoms with Crippen LogP contribution in [0.2, 0.25) is 0 Å². The van der Waals surface area contributed by atoms with Crippen molar-refractivity contribution in [3.8, 4) is 0 Å². The molecule has 1 fully saturated rings. The van der Waals surface area contributed by atoms with E-state index < -0.39 is 20.2 Å². The van der Waals surface area contributed by atoms with Crippen LogP contribution in [0.4, 0.5) is 0 Å². The highest BCUT2D eigenvalue weighted by Gasteiger charge is 2.37. The lowest BCUT2D eigenvalue weighted by molar-refractivity contribution is -0.876. The van der Waals surface area contributed by atoms with E-state index in [0.717, 1.165) is 38.6 Å². The Morgan fingerprint density at radius 3 is 1.89 bits per heavy atom. The smallest absolute Gasteiger partial charge is 0.334 e. The third kappa shape index (κ3) is 17.7. The molecule has 35 heavy (non-hydrogen) atoms. The van der Waals surface area contributed by atoms with Gasteiger partial charge in [-0.15, -0.1) is 0 Å². The molecule has 0 saturated carbocycles. The summed E-state index contributed by atoms with van der Waals surface area (Å²) in [5.41, 5.74) is 0. The minimum atomic E-state index is -4.74. The van der Waals surface area contributed by atoms with Crippen LogP contribution in [0.5, 0.6) is 0 Å². The second-order valence-electron chi connectivity index (χ2n) is 11.2. The first kappa shape index (κ1) is 32.7. The average Bonchev–Trinajstić information content (AvgIpc) is 3.27. The molecule has 1 saturated heterocycles. The molecule has 9 heteroatoms. The van der Waals surface area contributed by atoms with E-state index in [1.165, 1.54) is 64.2 Å². The Morgan fingerprint density at radius 1 is 0.943 bits per heavy atom. The number of nitrogens with zero attached hydrogens (tertiary/aromatic N) is 1. The average molecular weight is 522 g/mol. The number of hydrogen-bond donors (Lipinski definition) is 3. The number of hydrogen-bond acceptors (Lipinski definition) is 5. The van der Waals surface area contributed by atoms with Crippen LogP contribution in [0.3, 0.4) is 0 Å². The fourth-order valence-electron chi connectivity index (χ4n) is 4.69. The van der Waals surface area contributed by atoms with Gasteiger partial charge >= 0.3 is 7.82 Å². The topological polar surface area (TPSA) is 105 Å². The Labute approximate surface area is 214 Å². The normalized spacial score (nSPS) is 18.6. The van der Waals surface area contributed by atoms with Crippen LogP contribution in [0, 0.1) is 0 Å². The molecular formula is C26H54N2O6P+. The van der Waals surface area contributed by atoms with Crippen LogP contribution in [0.25, 0.3) is 0 Å². The Balaban J connectivity index is 2.37. The first-order valence-corrected chi connectivity index (χ1v) is 15.5. The number of ether oxygens (including phenoxy) is 1. The summed E-state index contributed by atoms with van der Waals surface area (Å²) in [4.78, 5) is 31.8. The molecule has 0 amide bonds. The van der Waals surface area contributed by atoms with Crippen molar-refractivity contribution in [2.45, 2.75) is 128 Å². The molecule has 1 rings (SSSR count). The second kappa shape index (κ2) is 18.0. The first-order chi connectivity index (χ1) is 16.5. The maximum absolute atomic E-state index is 13.1. The number of ketones is 1. The summed E-state index contributed by atoms with van der Waals surface area (Å²) in [6.07, 6.45) is 16.6. The molecule has 0 spiro atoms. The van der Waals surface area contributed by atoms with E-state index in [2.05, 4.69) is 12.2 Å². The van der Waals surface area contributed by atoms with E-state index in [-0.39, 0.29) is 18.4 Å². The van der Waals surface area contributed by atoms with Crippen molar-refractivity contribution in [2.75, 3.05) is 34.2 Å². The van der Waals surface area contributed by atoms with Crippen LogP contribution in [0.1, 0.15) is 110 Å². The molecule has 0 radical (unpaired) electrons. The van der Waals surface area contributed by atoms with Crippen LogP contribution < -0.4 is 5.32 Å². The molecule has 208 valence electrons. The quantitative estimate of drug-likeness (QED) is 0.0767. The minimum Gasteiger partial charge on any atom is -0.334 e. The van der Waals surface area contributed by atoms with Gasteiger partial charge in [0.25, 0.3) is 0 Å². The molecule has 1 heterocycles. The number of phosphoric acid groups is 1. The van der Waals surface area contributed by atoms with Gasteiger partial charge in [0.05, 0.1) is 21.1 Å². The van der Waals surface area contributed by atoms with Crippen molar-refractivity contribution in [3.05, 3.63) is 0 Å². The summed E-state index contributed by atoms with van der Waals surface area (Å²) in [5.74, 6) is -0.00630. The van der Waals surface area contributed by atoms with Gasteiger partial charge in [-0.3, -0.25) is 9.32 Å². The van der Waals surface area contributed by atoms with Gasteiger partial charge in [-0.2, -0.15) is 0 Å². The highest BCUT2D eigenvalue weighted by molar-refractivity contribution is 7.46. The molecular weight excluding hydrogens is 467 g/mol. The lowest BCUT2D eigenvalue weighted by atomic mass is 9.99. The molecule has 0 aromatic heterocycles. The minimum absolute atomic E-state index is 0.00630. The van der Waals surface area contributed by atoms with Crippen LogP contribution >= 0.6 is 7.82 Å². The SMILES string of the molecule is CCCCCCCCCCCCCCCC(=O)C(OC(C[N+](C)(C)C)OP(=O)(O)O)C1CCCN1. The van der Waals surface area contributed by atoms with Crippen LogP contribution in [0.15, 0.2) is 0 Å². The molecule has 0 aliphatic carbocycles. The Hall–Kier alpha value is -0.340. The molecule has 3 atom stereocenters. The van der Waals surface area contributed by atoms with Gasteiger partial charge in [0, 0.05) is 12.5 Å². The Kier molecular flexibility index (Phi) is 16.8. The maximum Gasteiger partial charge on any atom is 0.472 e. The zero-order chi connectivity index (χ0) is 26.2. The predicted molar refractivity (Wildman–Crippen MR) is 141 cm³/mol. The molecule has 1 aliphatic heterocycles. The summed E-state index contributed by atoms with van der Waals surface area (Å²) in [6, 6.07) is -0.139. The number of likely N-dealkylation sites (N-methyl/N-ethyl adjacent to an activating group) is 1. The van der Waals surface area contributed by atoms with Crippen molar-refractivity contribution < 1.29 is 32.9 Å². The summed E-state index contributed by atoms with van der Waals surface area (Å²) < 4.78 is 22.8. The van der Waals surface area contributed by atoms with Gasteiger partial charge in [0.15, 0.2) is 5.78 Å². The fraction of sp³-hybridized carbons (Fsp3) is 0.962. The Morgan fingerprint density at radius 2 is 1.46 bits per heavy atom. The van der Waals surface area contributed by atoms with Gasteiger partial charge < -0.3 is 24.3 Å². The zero-order valence-electron chi connectivity index (χ0n) is 22.9. The highest BCUT2D eigenvalue weighted by atomic mass is 31.2. The number of carbonyl (C=O) groups excluding carboxylic acids is 1. The number of quaternary nitrogens is 1. The van der Waals surface area contributed by atoms with Crippen molar-refractivity contribution >= 4 is 13.6 Å². The number of phosphoric ester groups is 1. The molecule has 8 nitrogen and oxygen atoms in total. The molecule has 0 aromatic carbocycles. The summed E-state index contributed by atoms with van der Waals surface area (Å²) in [5, 5.41) is 3.32. The molecule has 1 aliphatic rings. The number of rotatable bonds is 22. The molecule has 3 N–H and O–H groups in total. The number of Topliss-reactive ketones (excluding diaryl/α,β-unsaturated/α-hetero) is 1. The first-order valence-electron chi connectivity index (χ1n) is 14.0.